The van der Waals surface area contributed by atoms with E-state index in [0.717, 1.165) is 25.3 Å². The highest BCUT2D eigenvalue weighted by molar-refractivity contribution is 5.37. The first-order valence-corrected chi connectivity index (χ1v) is 6.79. The van der Waals surface area contributed by atoms with Gasteiger partial charge >= 0.3 is 0 Å². The monoisotopic (exact) mass is 275 g/mol. The van der Waals surface area contributed by atoms with E-state index in [4.69, 9.17) is 9.26 Å². The van der Waals surface area contributed by atoms with Crippen LogP contribution in [0.4, 0.5) is 5.82 Å². The second kappa shape index (κ2) is 5.96. The van der Waals surface area contributed by atoms with E-state index < -0.39 is 0 Å². The molecule has 0 amide bonds. The predicted molar refractivity (Wildman–Crippen MR) is 71.4 cm³/mol. The largest absolute Gasteiger partial charge is 0.374 e. The summed E-state index contributed by atoms with van der Waals surface area (Å²) in [5, 5.41) is 3.97. The minimum absolute atomic E-state index is 0.0565. The Morgan fingerprint density at radius 2 is 2.40 bits per heavy atom. The number of ether oxygens (including phenoxy) is 1. The second-order valence-corrected chi connectivity index (χ2v) is 4.67. The average molecular weight is 275 g/mol. The van der Waals surface area contributed by atoms with Crippen LogP contribution < -0.4 is 4.90 Å². The Bertz CT molecular complexity index is 545. The van der Waals surface area contributed by atoms with Gasteiger partial charge in [-0.2, -0.15) is 4.98 Å². The molecule has 7 heteroatoms. The molecule has 106 valence electrons. The summed E-state index contributed by atoms with van der Waals surface area (Å²) in [7, 11) is 0. The minimum atomic E-state index is 0.0565. The molecule has 1 saturated heterocycles. The Morgan fingerprint density at radius 1 is 1.45 bits per heavy atom. The van der Waals surface area contributed by atoms with Gasteiger partial charge in [0, 0.05) is 32.1 Å². The zero-order valence-corrected chi connectivity index (χ0v) is 11.4. The molecule has 0 aromatic carbocycles. The van der Waals surface area contributed by atoms with Gasteiger partial charge < -0.3 is 14.2 Å². The van der Waals surface area contributed by atoms with E-state index in [1.165, 1.54) is 0 Å². The highest BCUT2D eigenvalue weighted by Crippen LogP contribution is 2.16. The molecule has 0 unspecified atom stereocenters. The van der Waals surface area contributed by atoms with E-state index in [9.17, 15) is 0 Å². The van der Waals surface area contributed by atoms with Crippen LogP contribution in [0.25, 0.3) is 0 Å². The topological polar surface area (TPSA) is 77.2 Å². The molecule has 1 aliphatic heterocycles. The summed E-state index contributed by atoms with van der Waals surface area (Å²) in [6.45, 7) is 4.27. The Labute approximate surface area is 117 Å². The molecule has 0 aliphatic carbocycles. The lowest BCUT2D eigenvalue weighted by Crippen LogP contribution is -2.44. The summed E-state index contributed by atoms with van der Waals surface area (Å²) in [5.74, 6) is 2.30. The lowest BCUT2D eigenvalue weighted by atomic mass is 10.2. The predicted octanol–water partition coefficient (Wildman–Crippen LogP) is 0.870. The molecule has 0 bridgehead atoms. The van der Waals surface area contributed by atoms with Crippen LogP contribution in [0.15, 0.2) is 23.1 Å². The van der Waals surface area contributed by atoms with Gasteiger partial charge in [0.25, 0.3) is 0 Å². The third-order valence-electron chi connectivity index (χ3n) is 3.25. The van der Waals surface area contributed by atoms with E-state index in [2.05, 4.69) is 25.0 Å². The van der Waals surface area contributed by atoms with Gasteiger partial charge in [-0.25, -0.2) is 9.97 Å². The lowest BCUT2D eigenvalue weighted by Gasteiger charge is -2.33. The van der Waals surface area contributed by atoms with E-state index in [1.54, 1.807) is 12.5 Å². The molecule has 20 heavy (non-hydrogen) atoms. The van der Waals surface area contributed by atoms with Gasteiger partial charge in [-0.05, 0) is 6.07 Å². The number of hydrogen-bond acceptors (Lipinski definition) is 7. The quantitative estimate of drug-likeness (QED) is 0.819. The molecule has 0 N–H and O–H groups in total. The first kappa shape index (κ1) is 13.0. The lowest BCUT2D eigenvalue weighted by molar-refractivity contribution is 0.0392. The van der Waals surface area contributed by atoms with Crippen molar-refractivity contribution in [1.82, 2.24) is 20.1 Å². The third-order valence-corrected chi connectivity index (χ3v) is 3.25. The Balaban J connectivity index is 1.63. The zero-order chi connectivity index (χ0) is 13.8. The van der Waals surface area contributed by atoms with Crippen LogP contribution in [0.1, 0.15) is 18.6 Å². The van der Waals surface area contributed by atoms with Gasteiger partial charge in [-0.3, -0.25) is 0 Å². The van der Waals surface area contributed by atoms with Gasteiger partial charge in [0.1, 0.15) is 12.1 Å². The number of rotatable bonds is 4. The Hall–Kier alpha value is -2.02. The van der Waals surface area contributed by atoms with Crippen molar-refractivity contribution in [2.45, 2.75) is 25.9 Å². The van der Waals surface area contributed by atoms with E-state index >= 15 is 0 Å². The maximum absolute atomic E-state index is 5.77. The molecule has 0 radical (unpaired) electrons. The van der Waals surface area contributed by atoms with E-state index in [0.29, 0.717) is 24.7 Å². The van der Waals surface area contributed by atoms with Crippen molar-refractivity contribution in [2.75, 3.05) is 24.6 Å². The highest BCUT2D eigenvalue weighted by Gasteiger charge is 2.23. The normalized spacial score (nSPS) is 19.2. The van der Waals surface area contributed by atoms with E-state index in [1.807, 2.05) is 13.0 Å². The van der Waals surface area contributed by atoms with Crippen molar-refractivity contribution in [3.05, 3.63) is 30.3 Å². The molecule has 1 aliphatic rings. The standard InChI is InChI=1S/C13H17N5O2/c1-2-13-16-11(17-20-13)7-10-8-18(5-6-19-10)12-3-4-14-9-15-12/h3-4,9-10H,2,5-8H2,1H3/t10-/m0/s1. The van der Waals surface area contributed by atoms with Crippen LogP contribution in [-0.4, -0.2) is 45.9 Å². The van der Waals surface area contributed by atoms with Gasteiger partial charge in [0.05, 0.1) is 12.7 Å². The van der Waals surface area contributed by atoms with Gasteiger partial charge in [0.15, 0.2) is 5.82 Å². The van der Waals surface area contributed by atoms with Crippen LogP contribution in [-0.2, 0) is 17.6 Å². The fourth-order valence-corrected chi connectivity index (χ4v) is 2.24. The van der Waals surface area contributed by atoms with Crippen molar-refractivity contribution in [1.29, 1.82) is 0 Å². The fourth-order valence-electron chi connectivity index (χ4n) is 2.24. The van der Waals surface area contributed by atoms with Crippen LogP contribution >= 0.6 is 0 Å². The van der Waals surface area contributed by atoms with Crippen LogP contribution in [0.3, 0.4) is 0 Å². The number of nitrogens with zero attached hydrogens (tertiary/aromatic N) is 5. The Kier molecular flexibility index (Phi) is 3.87. The molecule has 1 atom stereocenters. The third kappa shape index (κ3) is 2.93. The van der Waals surface area contributed by atoms with Crippen molar-refractivity contribution in [2.24, 2.45) is 0 Å². The summed E-state index contributed by atoms with van der Waals surface area (Å²) >= 11 is 0. The minimum Gasteiger partial charge on any atom is -0.374 e. The number of aromatic nitrogens is 4. The molecule has 1 fully saturated rings. The molecule has 7 nitrogen and oxygen atoms in total. The molecule has 2 aromatic rings. The zero-order valence-electron chi connectivity index (χ0n) is 11.4. The van der Waals surface area contributed by atoms with Gasteiger partial charge in [-0.15, -0.1) is 0 Å². The SMILES string of the molecule is CCc1nc(C[C@H]2CN(c3ccncn3)CCO2)no1. The van der Waals surface area contributed by atoms with Crippen LogP contribution in [0, 0.1) is 0 Å². The first-order chi connectivity index (χ1) is 9.85. The number of aryl methyl sites for hydroxylation is 1. The number of anilines is 1. The van der Waals surface area contributed by atoms with Crippen molar-refractivity contribution in [3.63, 3.8) is 0 Å². The highest BCUT2D eigenvalue weighted by atomic mass is 16.5. The summed E-state index contributed by atoms with van der Waals surface area (Å²) in [5.41, 5.74) is 0. The molecule has 3 rings (SSSR count). The smallest absolute Gasteiger partial charge is 0.226 e. The van der Waals surface area contributed by atoms with Gasteiger partial charge in [0.2, 0.25) is 5.89 Å². The molecule has 0 spiro atoms. The maximum Gasteiger partial charge on any atom is 0.226 e. The van der Waals surface area contributed by atoms with Crippen molar-refractivity contribution >= 4 is 5.82 Å². The van der Waals surface area contributed by atoms with Crippen molar-refractivity contribution in [3.8, 4) is 0 Å². The Morgan fingerprint density at radius 3 is 3.15 bits per heavy atom. The summed E-state index contributed by atoms with van der Waals surface area (Å²) in [4.78, 5) is 14.7. The summed E-state index contributed by atoms with van der Waals surface area (Å²) < 4.78 is 10.9. The number of morpholine rings is 1. The summed E-state index contributed by atoms with van der Waals surface area (Å²) in [6, 6.07) is 1.91. The van der Waals surface area contributed by atoms with Crippen LogP contribution in [0.5, 0.6) is 0 Å². The average Bonchev–Trinajstić information content (AvgIpc) is 2.96. The van der Waals surface area contributed by atoms with E-state index in [-0.39, 0.29) is 6.10 Å². The van der Waals surface area contributed by atoms with Gasteiger partial charge in [-0.1, -0.05) is 12.1 Å². The van der Waals surface area contributed by atoms with Crippen LogP contribution in [0.2, 0.25) is 0 Å². The van der Waals surface area contributed by atoms with Crippen molar-refractivity contribution < 1.29 is 9.26 Å². The number of hydrogen-bond donors (Lipinski definition) is 0. The fraction of sp³-hybridized carbons (Fsp3) is 0.538. The molecule has 3 heterocycles. The molecular formula is C13H17N5O2. The maximum atomic E-state index is 5.77. The molecular weight excluding hydrogens is 258 g/mol. The second-order valence-electron chi connectivity index (χ2n) is 4.67. The summed E-state index contributed by atoms with van der Waals surface area (Å²) in [6.07, 6.45) is 4.78. The molecule has 0 saturated carbocycles. The first-order valence-electron chi connectivity index (χ1n) is 6.79. The molecule has 2 aromatic heterocycles.